The summed E-state index contributed by atoms with van der Waals surface area (Å²) in [5.41, 5.74) is -0.336. The van der Waals surface area contributed by atoms with E-state index in [0.29, 0.717) is 15.8 Å². The summed E-state index contributed by atoms with van der Waals surface area (Å²) < 4.78 is 15.0. The van der Waals surface area contributed by atoms with Crippen LogP contribution in [0.25, 0.3) is 0 Å². The predicted octanol–water partition coefficient (Wildman–Crippen LogP) is 2.79. The van der Waals surface area contributed by atoms with Crippen LogP contribution >= 0.6 is 35.8 Å². The highest BCUT2D eigenvalue weighted by molar-refractivity contribution is 8.15. The molecular weight excluding hydrogens is 310 g/mol. The Morgan fingerprint density at radius 1 is 1.53 bits per heavy atom. The molecule has 1 N–H and O–H groups in total. The number of hydrogen-bond donors (Lipinski definition) is 1. The highest BCUT2D eigenvalue weighted by atomic mass is 35.5. The van der Waals surface area contributed by atoms with Crippen LogP contribution in [-0.2, 0) is 12.1 Å². The summed E-state index contributed by atoms with van der Waals surface area (Å²) in [5.74, 6) is 0. The lowest BCUT2D eigenvalue weighted by Gasteiger charge is -2.33. The SMILES string of the molecule is CN=C1SC2(F)Cc3cc(Cl)ccc3C2(O)N1C.Cl. The van der Waals surface area contributed by atoms with Crippen LogP contribution in [0.4, 0.5) is 4.39 Å². The molecule has 1 heterocycles. The number of thioether (sulfide) groups is 1. The van der Waals surface area contributed by atoms with E-state index in [9.17, 15) is 5.11 Å². The average molecular weight is 323 g/mol. The number of nitrogens with zero attached hydrogens (tertiary/aromatic N) is 2. The van der Waals surface area contributed by atoms with Gasteiger partial charge in [-0.15, -0.1) is 12.4 Å². The molecule has 2 unspecified atom stereocenters. The third kappa shape index (κ3) is 1.72. The molecule has 1 saturated heterocycles. The number of fused-ring (bicyclic) bond motifs is 3. The Hall–Kier alpha value is -0.490. The fourth-order valence-corrected chi connectivity index (χ4v) is 4.16. The van der Waals surface area contributed by atoms with E-state index < -0.39 is 10.7 Å². The van der Waals surface area contributed by atoms with Crippen LogP contribution in [0.2, 0.25) is 5.02 Å². The number of amidine groups is 1. The Labute approximate surface area is 126 Å². The lowest BCUT2D eigenvalue weighted by Crippen LogP contribution is -2.48. The molecule has 0 amide bonds. The van der Waals surface area contributed by atoms with Gasteiger partial charge in [-0.3, -0.25) is 4.99 Å². The molecule has 3 rings (SSSR count). The minimum absolute atomic E-state index is 0. The quantitative estimate of drug-likeness (QED) is 0.797. The fraction of sp³-hybridized carbons (Fsp3) is 0.417. The highest BCUT2D eigenvalue weighted by Gasteiger charge is 2.67. The largest absolute Gasteiger partial charge is 0.363 e. The van der Waals surface area contributed by atoms with Gasteiger partial charge in [-0.25, -0.2) is 4.39 Å². The zero-order chi connectivity index (χ0) is 13.1. The van der Waals surface area contributed by atoms with E-state index in [2.05, 4.69) is 4.99 Å². The minimum Gasteiger partial charge on any atom is -0.363 e. The predicted molar refractivity (Wildman–Crippen MR) is 78.9 cm³/mol. The van der Waals surface area contributed by atoms with Crippen molar-refractivity contribution in [2.45, 2.75) is 17.1 Å². The molecule has 0 saturated carbocycles. The van der Waals surface area contributed by atoms with E-state index in [1.807, 2.05) is 0 Å². The number of alkyl halides is 1. The third-order valence-corrected chi connectivity index (χ3v) is 5.22. The standard InChI is InChI=1S/C12H12ClFN2OS.ClH/c1-15-10-16(2)12(17)9-4-3-8(13)5-7(9)6-11(12,14)18-10;/h3-5,17H,6H2,1-2H3;1H. The van der Waals surface area contributed by atoms with Crippen LogP contribution in [0.5, 0.6) is 0 Å². The van der Waals surface area contributed by atoms with E-state index in [4.69, 9.17) is 11.6 Å². The summed E-state index contributed by atoms with van der Waals surface area (Å²) in [5, 5.41) is 10.1. The summed E-state index contributed by atoms with van der Waals surface area (Å²) in [7, 11) is 3.25. The smallest absolute Gasteiger partial charge is 0.219 e. The minimum atomic E-state index is -1.80. The maximum absolute atomic E-state index is 15.0. The van der Waals surface area contributed by atoms with Crippen molar-refractivity contribution < 1.29 is 9.50 Å². The number of aliphatic imine (C=N–C) groups is 1. The Bertz CT molecular complexity index is 571. The molecule has 1 aliphatic heterocycles. The molecule has 19 heavy (non-hydrogen) atoms. The van der Waals surface area contributed by atoms with Crippen molar-refractivity contribution in [2.75, 3.05) is 14.1 Å². The lowest BCUT2D eigenvalue weighted by atomic mass is 10.0. The fourth-order valence-electron chi connectivity index (χ4n) is 2.70. The van der Waals surface area contributed by atoms with Crippen molar-refractivity contribution >= 4 is 40.9 Å². The number of hydrogen-bond acceptors (Lipinski definition) is 3. The number of benzene rings is 1. The van der Waals surface area contributed by atoms with Crippen molar-refractivity contribution in [3.05, 3.63) is 34.3 Å². The molecule has 3 nitrogen and oxygen atoms in total. The van der Waals surface area contributed by atoms with Crippen molar-refractivity contribution in [1.82, 2.24) is 4.90 Å². The van der Waals surface area contributed by atoms with Gasteiger partial charge in [0.1, 0.15) is 0 Å². The summed E-state index contributed by atoms with van der Waals surface area (Å²) in [6, 6.07) is 5.07. The molecule has 1 fully saturated rings. The maximum Gasteiger partial charge on any atom is 0.219 e. The molecule has 0 aromatic heterocycles. The Morgan fingerprint density at radius 3 is 2.84 bits per heavy atom. The van der Waals surface area contributed by atoms with Gasteiger partial charge in [0.25, 0.3) is 0 Å². The number of halogens is 3. The van der Waals surface area contributed by atoms with Gasteiger partial charge in [-0.05, 0) is 29.5 Å². The van der Waals surface area contributed by atoms with Gasteiger partial charge in [0.15, 0.2) is 5.17 Å². The van der Waals surface area contributed by atoms with Crippen molar-refractivity contribution in [3.63, 3.8) is 0 Å². The molecule has 0 spiro atoms. The maximum atomic E-state index is 15.0. The normalized spacial score (nSPS) is 34.2. The Kier molecular flexibility index (Phi) is 3.54. The second-order valence-corrected chi connectivity index (χ2v) is 6.20. The second kappa shape index (κ2) is 4.52. The van der Waals surface area contributed by atoms with E-state index in [-0.39, 0.29) is 18.8 Å². The average Bonchev–Trinajstić information content (AvgIpc) is 2.65. The second-order valence-electron chi connectivity index (χ2n) is 4.55. The van der Waals surface area contributed by atoms with Crippen LogP contribution < -0.4 is 0 Å². The van der Waals surface area contributed by atoms with Gasteiger partial charge in [0, 0.05) is 31.1 Å². The van der Waals surface area contributed by atoms with Gasteiger partial charge < -0.3 is 10.0 Å². The summed E-state index contributed by atoms with van der Waals surface area (Å²) in [6.45, 7) is 0. The first kappa shape index (κ1) is 14.9. The van der Waals surface area contributed by atoms with Crippen molar-refractivity contribution in [3.8, 4) is 0 Å². The first-order valence-corrected chi connectivity index (χ1v) is 6.71. The van der Waals surface area contributed by atoms with E-state index in [1.54, 1.807) is 32.3 Å². The Morgan fingerprint density at radius 2 is 2.21 bits per heavy atom. The monoisotopic (exact) mass is 322 g/mol. The van der Waals surface area contributed by atoms with Crippen molar-refractivity contribution in [1.29, 1.82) is 0 Å². The summed E-state index contributed by atoms with van der Waals surface area (Å²) >= 11 is 6.88. The van der Waals surface area contributed by atoms with E-state index >= 15 is 4.39 Å². The first-order valence-electron chi connectivity index (χ1n) is 5.52. The van der Waals surface area contributed by atoms with Crippen LogP contribution in [0.3, 0.4) is 0 Å². The third-order valence-electron chi connectivity index (χ3n) is 3.60. The van der Waals surface area contributed by atoms with Crippen LogP contribution in [-0.4, -0.2) is 34.3 Å². The highest BCUT2D eigenvalue weighted by Crippen LogP contribution is 2.60. The van der Waals surface area contributed by atoms with E-state index in [0.717, 1.165) is 17.3 Å². The molecule has 104 valence electrons. The van der Waals surface area contributed by atoms with Gasteiger partial charge >= 0.3 is 0 Å². The van der Waals surface area contributed by atoms with Crippen LogP contribution in [0.1, 0.15) is 11.1 Å². The molecule has 7 heteroatoms. The van der Waals surface area contributed by atoms with Gasteiger partial charge in [0.2, 0.25) is 10.7 Å². The van der Waals surface area contributed by atoms with Gasteiger partial charge in [0.05, 0.1) is 0 Å². The van der Waals surface area contributed by atoms with Crippen LogP contribution in [0.15, 0.2) is 23.2 Å². The number of rotatable bonds is 0. The topological polar surface area (TPSA) is 35.8 Å². The molecule has 1 aromatic rings. The zero-order valence-electron chi connectivity index (χ0n) is 10.4. The van der Waals surface area contributed by atoms with Crippen molar-refractivity contribution in [2.24, 2.45) is 4.99 Å². The van der Waals surface area contributed by atoms with E-state index in [1.165, 1.54) is 4.90 Å². The molecule has 2 atom stereocenters. The lowest BCUT2D eigenvalue weighted by molar-refractivity contribution is -0.120. The van der Waals surface area contributed by atoms with Crippen LogP contribution in [0, 0.1) is 0 Å². The molecule has 0 bridgehead atoms. The van der Waals surface area contributed by atoms with Gasteiger partial charge in [-0.1, -0.05) is 17.7 Å². The molecule has 0 radical (unpaired) electrons. The van der Waals surface area contributed by atoms with Gasteiger partial charge in [-0.2, -0.15) is 0 Å². The first-order chi connectivity index (χ1) is 8.42. The summed E-state index contributed by atoms with van der Waals surface area (Å²) in [4.78, 5) is 5.51. The number of aliphatic hydroxyl groups is 1. The zero-order valence-corrected chi connectivity index (χ0v) is 12.7. The molecule has 1 aromatic carbocycles. The Balaban J connectivity index is 0.00000133. The molecule has 2 aliphatic rings. The molecular formula is C12H13Cl2FN2OS. The molecule has 1 aliphatic carbocycles. The summed E-state index contributed by atoms with van der Waals surface area (Å²) in [6.07, 6.45) is 0.132.